The minimum absolute atomic E-state index is 0.165. The van der Waals surface area contributed by atoms with Crippen molar-refractivity contribution in [1.82, 2.24) is 5.32 Å². The number of Topliss-reactive ketones (excluding diaryl/α,β-unsaturated/α-hetero) is 1. The third-order valence-corrected chi connectivity index (χ3v) is 2.00. The molecule has 1 atom stereocenters. The van der Waals surface area contributed by atoms with Gasteiger partial charge in [-0.2, -0.15) is 0 Å². The van der Waals surface area contributed by atoms with Gasteiger partial charge in [-0.05, 0) is 20.9 Å². The van der Waals surface area contributed by atoms with Gasteiger partial charge in [0.1, 0.15) is 0 Å². The second-order valence-corrected chi connectivity index (χ2v) is 4.84. The van der Waals surface area contributed by atoms with Crippen LogP contribution in [0.3, 0.4) is 0 Å². The van der Waals surface area contributed by atoms with Crippen molar-refractivity contribution in [2.24, 2.45) is 5.41 Å². The van der Waals surface area contributed by atoms with E-state index in [1.807, 2.05) is 34.6 Å². The molecule has 0 aromatic carbocycles. The number of carbonyl (C=O) groups excluding carboxylic acids is 1. The van der Waals surface area contributed by atoms with Crippen molar-refractivity contribution in [3.05, 3.63) is 0 Å². The number of rotatable bonds is 5. The topological polar surface area (TPSA) is 38.3 Å². The summed E-state index contributed by atoms with van der Waals surface area (Å²) in [4.78, 5) is 11.9. The van der Waals surface area contributed by atoms with Crippen LogP contribution in [-0.2, 0) is 9.53 Å². The van der Waals surface area contributed by atoms with Crippen LogP contribution in [0, 0.1) is 5.41 Å². The largest absolute Gasteiger partial charge is 0.377 e. The highest BCUT2D eigenvalue weighted by molar-refractivity contribution is 5.88. The fourth-order valence-electron chi connectivity index (χ4n) is 1.10. The second-order valence-electron chi connectivity index (χ2n) is 4.84. The molecular formula is C11H23NO2. The number of likely N-dealkylation sites (N-methyl/N-ethyl adjacent to an activating group) is 1. The quantitative estimate of drug-likeness (QED) is 0.734. The monoisotopic (exact) mass is 201 g/mol. The Hall–Kier alpha value is -0.410. The Balaban J connectivity index is 4.21. The number of carbonyl (C=O) groups is 1. The minimum Gasteiger partial charge on any atom is -0.377 e. The van der Waals surface area contributed by atoms with Crippen LogP contribution in [-0.4, -0.2) is 31.6 Å². The Morgan fingerprint density at radius 2 is 1.86 bits per heavy atom. The molecule has 84 valence electrons. The number of ketones is 1. The average molecular weight is 201 g/mol. The highest BCUT2D eigenvalue weighted by Crippen LogP contribution is 2.17. The molecule has 0 aliphatic heterocycles. The summed E-state index contributed by atoms with van der Waals surface area (Å²) in [6, 6.07) is -0.197. The first-order valence-electron chi connectivity index (χ1n) is 5.12. The molecule has 0 saturated carbocycles. The molecule has 0 radical (unpaired) electrons. The molecule has 14 heavy (non-hydrogen) atoms. The molecule has 0 spiro atoms. The molecule has 0 saturated heterocycles. The van der Waals surface area contributed by atoms with E-state index in [2.05, 4.69) is 5.32 Å². The second kappa shape index (κ2) is 5.47. The summed E-state index contributed by atoms with van der Waals surface area (Å²) in [7, 11) is 1.79. The van der Waals surface area contributed by atoms with Gasteiger partial charge in [0.2, 0.25) is 0 Å². The third kappa shape index (κ3) is 4.72. The van der Waals surface area contributed by atoms with Crippen molar-refractivity contribution in [3.63, 3.8) is 0 Å². The van der Waals surface area contributed by atoms with Crippen LogP contribution in [0.5, 0.6) is 0 Å². The van der Waals surface area contributed by atoms with Gasteiger partial charge in [-0.25, -0.2) is 0 Å². The molecule has 0 amide bonds. The molecule has 0 aliphatic rings. The maximum absolute atomic E-state index is 11.9. The van der Waals surface area contributed by atoms with Crippen LogP contribution in [0.4, 0.5) is 0 Å². The van der Waals surface area contributed by atoms with E-state index < -0.39 is 0 Å². The zero-order valence-electron chi connectivity index (χ0n) is 10.2. The number of nitrogens with one attached hydrogen (secondary N) is 1. The maximum Gasteiger partial charge on any atom is 0.157 e. The first-order chi connectivity index (χ1) is 6.29. The highest BCUT2D eigenvalue weighted by atomic mass is 16.5. The van der Waals surface area contributed by atoms with Crippen molar-refractivity contribution >= 4 is 5.78 Å². The lowest BCUT2D eigenvalue weighted by atomic mass is 9.87. The predicted octanol–water partition coefficient (Wildman–Crippen LogP) is 1.61. The third-order valence-electron chi connectivity index (χ3n) is 2.00. The minimum atomic E-state index is -0.311. The van der Waals surface area contributed by atoms with Gasteiger partial charge in [-0.15, -0.1) is 0 Å². The number of ether oxygens (including phenoxy) is 1. The fraction of sp³-hybridized carbons (Fsp3) is 0.909. The van der Waals surface area contributed by atoms with Crippen molar-refractivity contribution < 1.29 is 9.53 Å². The smallest absolute Gasteiger partial charge is 0.157 e. The van der Waals surface area contributed by atoms with E-state index in [4.69, 9.17) is 4.74 Å². The maximum atomic E-state index is 11.9. The summed E-state index contributed by atoms with van der Waals surface area (Å²) < 4.78 is 5.43. The van der Waals surface area contributed by atoms with Crippen LogP contribution in [0.15, 0.2) is 0 Å². The molecule has 0 aromatic rings. The van der Waals surface area contributed by atoms with Crippen LogP contribution in [0.25, 0.3) is 0 Å². The zero-order valence-corrected chi connectivity index (χ0v) is 10.2. The van der Waals surface area contributed by atoms with E-state index in [-0.39, 0.29) is 23.3 Å². The van der Waals surface area contributed by atoms with E-state index in [0.29, 0.717) is 6.61 Å². The fourth-order valence-corrected chi connectivity index (χ4v) is 1.10. The van der Waals surface area contributed by atoms with Crippen LogP contribution in [0.1, 0.15) is 34.6 Å². The van der Waals surface area contributed by atoms with E-state index in [1.54, 1.807) is 7.05 Å². The van der Waals surface area contributed by atoms with Gasteiger partial charge in [0.15, 0.2) is 5.78 Å². The normalized spacial score (nSPS) is 14.5. The van der Waals surface area contributed by atoms with Gasteiger partial charge in [0.05, 0.1) is 18.8 Å². The predicted molar refractivity (Wildman–Crippen MR) is 58.4 cm³/mol. The van der Waals surface area contributed by atoms with Crippen molar-refractivity contribution in [2.45, 2.75) is 46.8 Å². The van der Waals surface area contributed by atoms with Crippen LogP contribution >= 0.6 is 0 Å². The van der Waals surface area contributed by atoms with Crippen molar-refractivity contribution in [1.29, 1.82) is 0 Å². The van der Waals surface area contributed by atoms with E-state index in [9.17, 15) is 4.79 Å². The molecule has 0 rings (SSSR count). The summed E-state index contributed by atoms with van der Waals surface area (Å²) >= 11 is 0. The van der Waals surface area contributed by atoms with Gasteiger partial charge in [-0.1, -0.05) is 20.8 Å². The Labute approximate surface area is 87.2 Å². The standard InChI is InChI=1S/C11H23NO2/c1-8(2)14-7-9(12-6)10(13)11(3,4)5/h8-9,12H,7H2,1-6H3. The lowest BCUT2D eigenvalue weighted by Crippen LogP contribution is -2.44. The molecule has 0 heterocycles. The summed E-state index contributed by atoms with van der Waals surface area (Å²) in [5.74, 6) is 0.195. The summed E-state index contributed by atoms with van der Waals surface area (Å²) in [5.41, 5.74) is -0.311. The molecule has 0 fully saturated rings. The van der Waals surface area contributed by atoms with Gasteiger partial charge in [-0.3, -0.25) is 4.79 Å². The Morgan fingerprint density at radius 1 is 1.36 bits per heavy atom. The van der Waals surface area contributed by atoms with Gasteiger partial charge in [0, 0.05) is 5.41 Å². The number of hydrogen-bond donors (Lipinski definition) is 1. The van der Waals surface area contributed by atoms with Crippen LogP contribution in [0.2, 0.25) is 0 Å². The molecule has 3 heteroatoms. The summed E-state index contributed by atoms with van der Waals surface area (Å²) in [5, 5.41) is 2.99. The van der Waals surface area contributed by atoms with Crippen molar-refractivity contribution in [2.75, 3.05) is 13.7 Å². The molecular weight excluding hydrogens is 178 g/mol. The van der Waals surface area contributed by atoms with E-state index in [1.165, 1.54) is 0 Å². The van der Waals surface area contributed by atoms with Crippen LogP contribution < -0.4 is 5.32 Å². The zero-order chi connectivity index (χ0) is 11.4. The van der Waals surface area contributed by atoms with E-state index >= 15 is 0 Å². The van der Waals surface area contributed by atoms with Gasteiger partial charge < -0.3 is 10.1 Å². The first kappa shape index (κ1) is 13.6. The lowest BCUT2D eigenvalue weighted by molar-refractivity contribution is -0.130. The molecule has 0 bridgehead atoms. The van der Waals surface area contributed by atoms with Gasteiger partial charge in [0.25, 0.3) is 0 Å². The number of hydrogen-bond acceptors (Lipinski definition) is 3. The van der Waals surface area contributed by atoms with E-state index in [0.717, 1.165) is 0 Å². The Morgan fingerprint density at radius 3 is 2.14 bits per heavy atom. The summed E-state index contributed by atoms with van der Waals surface area (Å²) in [6.07, 6.45) is 0.165. The molecule has 0 aliphatic carbocycles. The summed E-state index contributed by atoms with van der Waals surface area (Å²) in [6.45, 7) is 10.2. The molecule has 1 unspecified atom stereocenters. The molecule has 1 N–H and O–H groups in total. The Bertz CT molecular complexity index is 182. The SMILES string of the molecule is CNC(COC(C)C)C(=O)C(C)(C)C. The van der Waals surface area contributed by atoms with Gasteiger partial charge >= 0.3 is 0 Å². The molecule has 3 nitrogen and oxygen atoms in total. The van der Waals surface area contributed by atoms with Crippen molar-refractivity contribution in [3.8, 4) is 0 Å². The lowest BCUT2D eigenvalue weighted by Gasteiger charge is -2.24. The average Bonchev–Trinajstić information content (AvgIpc) is 2.03. The highest BCUT2D eigenvalue weighted by Gasteiger charge is 2.28. The first-order valence-corrected chi connectivity index (χ1v) is 5.12. The molecule has 0 aromatic heterocycles. The Kier molecular flexibility index (Phi) is 5.31.